The molecule has 8 rings (SSSR count). The molecule has 3 heterocycles. The van der Waals surface area contributed by atoms with Crippen LogP contribution in [0.5, 0.6) is 0 Å². The third kappa shape index (κ3) is 5.75. The quantitative estimate of drug-likeness (QED) is 0.0968. The van der Waals surface area contributed by atoms with Crippen molar-refractivity contribution >= 4 is 40.9 Å². The Labute approximate surface area is 310 Å². The smallest absolute Gasteiger partial charge is 0.270 e. The summed E-state index contributed by atoms with van der Waals surface area (Å²) in [7, 11) is 0. The number of hydrogen-bond acceptors (Lipinski definition) is 8. The predicted octanol–water partition coefficient (Wildman–Crippen LogP) is 7.27. The van der Waals surface area contributed by atoms with Gasteiger partial charge in [-0.25, -0.2) is 0 Å². The maximum Gasteiger partial charge on any atom is 0.270 e. The van der Waals surface area contributed by atoms with Crippen molar-refractivity contribution in [1.82, 2.24) is 10.2 Å². The molecular formula is C43H35N5O6. The molecule has 11 nitrogen and oxygen atoms in total. The van der Waals surface area contributed by atoms with Gasteiger partial charge in [0.05, 0.1) is 15.3 Å². The minimum Gasteiger partial charge on any atom is -0.372 e. The van der Waals surface area contributed by atoms with Crippen molar-refractivity contribution < 1.29 is 19.4 Å². The summed E-state index contributed by atoms with van der Waals surface area (Å²) < 4.78 is 0. The molecule has 2 N–H and O–H groups in total. The first-order valence-electron chi connectivity index (χ1n) is 17.6. The first-order chi connectivity index (χ1) is 26.2. The third-order valence-corrected chi connectivity index (χ3v) is 10.9. The number of benzene rings is 5. The van der Waals surface area contributed by atoms with Crippen LogP contribution in [0.25, 0.3) is 12.2 Å². The number of piperidine rings is 1. The van der Waals surface area contributed by atoms with Crippen LogP contribution in [0.1, 0.15) is 33.7 Å². The fourth-order valence-electron chi connectivity index (χ4n) is 8.75. The van der Waals surface area contributed by atoms with E-state index >= 15 is 4.79 Å². The van der Waals surface area contributed by atoms with Crippen LogP contribution in [0, 0.1) is 25.6 Å². The van der Waals surface area contributed by atoms with Crippen LogP contribution in [0.2, 0.25) is 0 Å². The van der Waals surface area contributed by atoms with Crippen LogP contribution in [0.4, 0.5) is 17.1 Å². The van der Waals surface area contributed by atoms with Crippen LogP contribution < -0.4 is 10.6 Å². The van der Waals surface area contributed by atoms with E-state index in [1.807, 2.05) is 102 Å². The number of non-ortho nitro benzene ring substituents is 2. The highest BCUT2D eigenvalue weighted by Gasteiger charge is 2.75. The molecule has 0 radical (unpaired) electrons. The van der Waals surface area contributed by atoms with E-state index in [0.717, 1.165) is 11.1 Å². The van der Waals surface area contributed by atoms with Crippen molar-refractivity contribution in [2.75, 3.05) is 18.4 Å². The molecular weight excluding hydrogens is 683 g/mol. The fraction of sp³-hybridized carbons (Fsp3) is 0.163. The molecule has 11 heteroatoms. The molecule has 268 valence electrons. The number of nitro groups is 2. The normalized spacial score (nSPS) is 24.0. The highest BCUT2D eigenvalue weighted by Crippen LogP contribution is 2.63. The van der Waals surface area contributed by atoms with Gasteiger partial charge < -0.3 is 10.2 Å². The lowest BCUT2D eigenvalue weighted by Crippen LogP contribution is -2.65. The van der Waals surface area contributed by atoms with Gasteiger partial charge in [-0.3, -0.25) is 35.1 Å². The Hall–Kier alpha value is -6.72. The summed E-state index contributed by atoms with van der Waals surface area (Å²) in [5.74, 6) is -1.47. The van der Waals surface area contributed by atoms with Gasteiger partial charge in [0, 0.05) is 66.1 Å². The molecule has 1 amide bonds. The van der Waals surface area contributed by atoms with Gasteiger partial charge >= 0.3 is 0 Å². The number of ketones is 1. The second-order valence-electron chi connectivity index (χ2n) is 14.0. The molecule has 2 spiro atoms. The van der Waals surface area contributed by atoms with Gasteiger partial charge in [-0.05, 0) is 53.1 Å². The Kier molecular flexibility index (Phi) is 8.71. The lowest BCUT2D eigenvalue weighted by Gasteiger charge is -2.50. The van der Waals surface area contributed by atoms with E-state index < -0.39 is 38.7 Å². The first kappa shape index (κ1) is 34.4. The summed E-state index contributed by atoms with van der Waals surface area (Å²) in [5.41, 5.74) is 0.963. The predicted molar refractivity (Wildman–Crippen MR) is 205 cm³/mol. The molecule has 1 unspecified atom stereocenters. The van der Waals surface area contributed by atoms with E-state index in [4.69, 9.17) is 0 Å². The van der Waals surface area contributed by atoms with E-state index in [2.05, 4.69) is 10.6 Å². The molecule has 0 saturated carbocycles. The van der Waals surface area contributed by atoms with Crippen LogP contribution in [0.3, 0.4) is 0 Å². The number of carbonyl (C=O) groups is 2. The minimum absolute atomic E-state index is 0.0782. The van der Waals surface area contributed by atoms with Gasteiger partial charge in [-0.15, -0.1) is 0 Å². The lowest BCUT2D eigenvalue weighted by atomic mass is 9.55. The van der Waals surface area contributed by atoms with Crippen molar-refractivity contribution in [2.45, 2.75) is 23.9 Å². The lowest BCUT2D eigenvalue weighted by molar-refractivity contribution is -0.385. The Morgan fingerprint density at radius 3 is 2.15 bits per heavy atom. The van der Waals surface area contributed by atoms with Gasteiger partial charge in [0.25, 0.3) is 17.3 Å². The van der Waals surface area contributed by atoms with Gasteiger partial charge in [-0.2, -0.15) is 0 Å². The van der Waals surface area contributed by atoms with Gasteiger partial charge in [0.2, 0.25) is 0 Å². The summed E-state index contributed by atoms with van der Waals surface area (Å²) >= 11 is 0. The maximum atomic E-state index is 15.9. The molecule has 4 atom stereocenters. The zero-order valence-corrected chi connectivity index (χ0v) is 29.0. The van der Waals surface area contributed by atoms with Gasteiger partial charge in [-0.1, -0.05) is 103 Å². The van der Waals surface area contributed by atoms with Crippen LogP contribution >= 0.6 is 0 Å². The van der Waals surface area contributed by atoms with Crippen LogP contribution in [-0.2, 0) is 21.5 Å². The fourth-order valence-corrected chi connectivity index (χ4v) is 8.75. The van der Waals surface area contributed by atoms with Crippen molar-refractivity contribution in [2.24, 2.45) is 5.41 Å². The highest BCUT2D eigenvalue weighted by molar-refractivity contribution is 6.16. The standard InChI is InChI=1S/C43H35N5O6/c49-40-33(23-31-15-9-17-34(24-31)47(51)52)27-46(22-21-29-11-3-1-4-12-29)28-42(40)39(32-16-10-18-35(26-32)48(53)54)38(25-30-13-5-2-6-14-30)45-43(42)36-19-7-8-20-37(36)44-41(43)50/h1-24,26,38-39,45H,25,27-28H2,(H,44,50)/b22-21+,33-23+/t38-,39-,42-,43?/m1/s1. The number of fused-ring (bicyclic) bond motifs is 3. The third-order valence-electron chi connectivity index (χ3n) is 10.9. The number of anilines is 1. The number of nitrogens with zero attached hydrogens (tertiary/aromatic N) is 3. The zero-order chi connectivity index (χ0) is 37.5. The number of nitrogens with one attached hydrogen (secondary N) is 2. The van der Waals surface area contributed by atoms with E-state index in [1.165, 1.54) is 24.3 Å². The molecule has 3 aliphatic rings. The minimum atomic E-state index is -1.61. The largest absolute Gasteiger partial charge is 0.372 e. The summed E-state index contributed by atoms with van der Waals surface area (Å²) in [6.07, 6.45) is 5.92. The topological polar surface area (TPSA) is 148 Å². The number of Topliss-reactive ketones (excluding diaryl/α,β-unsaturated/α-hetero) is 1. The zero-order valence-electron chi connectivity index (χ0n) is 29.0. The first-order valence-corrected chi connectivity index (χ1v) is 17.6. The molecule has 5 aromatic rings. The van der Waals surface area contributed by atoms with Crippen molar-refractivity contribution in [3.05, 3.63) is 193 Å². The Balaban J connectivity index is 1.41. The Morgan fingerprint density at radius 1 is 0.759 bits per heavy atom. The SMILES string of the molecule is O=C1Nc2ccccc2C12N[C@H](Cc1ccccc1)[C@@H](c1cccc([N+](=O)[O-])c1)[C@@]21CN(/C=C/c2ccccc2)C/C(=C\c2cccc([N+](=O)[O-])c2)C1=O. The second kappa shape index (κ2) is 13.7. The Bertz CT molecular complexity index is 2360. The van der Waals surface area contributed by atoms with Crippen LogP contribution in [0.15, 0.2) is 145 Å². The average Bonchev–Trinajstić information content (AvgIpc) is 3.63. The highest BCUT2D eigenvalue weighted by atomic mass is 16.6. The number of likely N-dealkylation sites (tertiary alicyclic amines) is 1. The molecule has 3 aliphatic heterocycles. The molecule has 0 bridgehead atoms. The summed E-state index contributed by atoms with van der Waals surface area (Å²) in [4.78, 5) is 55.9. The maximum absolute atomic E-state index is 15.9. The summed E-state index contributed by atoms with van der Waals surface area (Å²) in [6, 6.07) is 38.7. The number of para-hydroxylation sites is 1. The van der Waals surface area contributed by atoms with E-state index in [-0.39, 0.29) is 30.2 Å². The van der Waals surface area contributed by atoms with Crippen molar-refractivity contribution in [3.63, 3.8) is 0 Å². The second-order valence-corrected chi connectivity index (χ2v) is 14.0. The van der Waals surface area contributed by atoms with Gasteiger partial charge in [0.15, 0.2) is 5.78 Å². The van der Waals surface area contributed by atoms with E-state index in [1.54, 1.807) is 30.3 Å². The summed E-state index contributed by atoms with van der Waals surface area (Å²) in [6.45, 7) is 0.228. The van der Waals surface area contributed by atoms with E-state index in [0.29, 0.717) is 34.4 Å². The average molecular weight is 718 g/mol. The molecule has 54 heavy (non-hydrogen) atoms. The number of amides is 1. The molecule has 2 saturated heterocycles. The molecule has 0 aromatic heterocycles. The van der Waals surface area contributed by atoms with Crippen molar-refractivity contribution in [3.8, 4) is 0 Å². The summed E-state index contributed by atoms with van der Waals surface area (Å²) in [5, 5.41) is 30.8. The number of carbonyl (C=O) groups excluding carboxylic acids is 2. The number of rotatable bonds is 8. The number of hydrogen-bond donors (Lipinski definition) is 2. The number of nitro benzene ring substituents is 2. The van der Waals surface area contributed by atoms with Crippen LogP contribution in [-0.4, -0.2) is 45.6 Å². The van der Waals surface area contributed by atoms with Gasteiger partial charge in [0.1, 0.15) is 5.54 Å². The molecule has 2 fully saturated rings. The molecule has 0 aliphatic carbocycles. The Morgan fingerprint density at radius 2 is 1.41 bits per heavy atom. The van der Waals surface area contributed by atoms with E-state index in [9.17, 15) is 25.0 Å². The monoisotopic (exact) mass is 717 g/mol. The molecule has 5 aromatic carbocycles. The van der Waals surface area contributed by atoms with Crippen molar-refractivity contribution in [1.29, 1.82) is 0 Å².